The Bertz CT molecular complexity index is 383. The minimum atomic E-state index is -0.946. The van der Waals surface area contributed by atoms with E-state index in [4.69, 9.17) is 17.3 Å². The highest BCUT2D eigenvalue weighted by Gasteiger charge is 2.14. The first-order chi connectivity index (χ1) is 6.65. The monoisotopic (exact) mass is 266 g/mol. The van der Waals surface area contributed by atoms with Gasteiger partial charge < -0.3 is 15.4 Å². The zero-order chi connectivity index (χ0) is 10.6. The van der Waals surface area contributed by atoms with Crippen molar-refractivity contribution in [3.8, 4) is 0 Å². The Hall–Kier alpha value is -0.720. The predicted octanol–water partition coefficient (Wildman–Crippen LogP) is 1.96. The molecule has 0 saturated heterocycles. The Morgan fingerprint density at radius 1 is 1.73 bits per heavy atom. The molecule has 0 aliphatic carbocycles. The highest BCUT2D eigenvalue weighted by molar-refractivity contribution is 7.80. The van der Waals surface area contributed by atoms with Crippen molar-refractivity contribution in [3.05, 3.63) is 23.0 Å². The van der Waals surface area contributed by atoms with E-state index < -0.39 is 12.0 Å². The average molecular weight is 267 g/mol. The molecule has 0 aliphatic rings. The number of hydrogen-bond acceptors (Lipinski definition) is 4. The number of aliphatic carboxylic acids is 1. The van der Waals surface area contributed by atoms with E-state index in [1.807, 2.05) is 0 Å². The minimum absolute atomic E-state index is 0. The standard InChI is InChI=1S/C8H10N2O2S2.ClH/c11-8(12)6(4-13)10-5-2-1-3-9-7(5)14;/h1-3,6,10,13H,4H2,(H,9,14)(H,11,12);1H/t6-;/m0./s1. The first-order valence-corrected chi connectivity index (χ1v) is 4.97. The van der Waals surface area contributed by atoms with E-state index in [1.165, 1.54) is 0 Å². The molecule has 84 valence electrons. The molecule has 0 spiro atoms. The second-order valence-electron chi connectivity index (χ2n) is 2.63. The van der Waals surface area contributed by atoms with E-state index in [9.17, 15) is 4.79 Å². The van der Waals surface area contributed by atoms with Gasteiger partial charge in [0.25, 0.3) is 0 Å². The van der Waals surface area contributed by atoms with Crippen molar-refractivity contribution in [1.29, 1.82) is 0 Å². The normalized spacial score (nSPS) is 11.3. The molecule has 0 saturated carbocycles. The summed E-state index contributed by atoms with van der Waals surface area (Å²) in [6.07, 6.45) is 1.68. The number of carbonyl (C=O) groups is 1. The van der Waals surface area contributed by atoms with Crippen LogP contribution in [0.25, 0.3) is 0 Å². The maximum atomic E-state index is 10.7. The molecule has 1 aromatic heterocycles. The SMILES string of the molecule is Cl.O=C(O)[C@H](CS)Nc1ccc[nH]c1=S. The summed E-state index contributed by atoms with van der Waals surface area (Å²) < 4.78 is 0.487. The lowest BCUT2D eigenvalue weighted by atomic mass is 10.3. The quantitative estimate of drug-likeness (QED) is 0.497. The van der Waals surface area contributed by atoms with E-state index >= 15 is 0 Å². The molecule has 0 radical (unpaired) electrons. The molecule has 4 nitrogen and oxygen atoms in total. The fourth-order valence-corrected chi connectivity index (χ4v) is 1.35. The van der Waals surface area contributed by atoms with Gasteiger partial charge in [0.1, 0.15) is 10.7 Å². The van der Waals surface area contributed by atoms with Crippen molar-refractivity contribution in [1.82, 2.24) is 4.98 Å². The molecule has 7 heteroatoms. The Labute approximate surface area is 104 Å². The molecule has 0 bridgehead atoms. The highest BCUT2D eigenvalue weighted by atomic mass is 35.5. The molecule has 15 heavy (non-hydrogen) atoms. The number of thiol groups is 1. The smallest absolute Gasteiger partial charge is 0.326 e. The van der Waals surface area contributed by atoms with E-state index in [2.05, 4.69) is 22.9 Å². The number of halogens is 1. The van der Waals surface area contributed by atoms with Crippen molar-refractivity contribution < 1.29 is 9.90 Å². The lowest BCUT2D eigenvalue weighted by molar-refractivity contribution is -0.137. The molecule has 0 amide bonds. The number of carboxylic acids is 1. The molecule has 0 unspecified atom stereocenters. The second-order valence-corrected chi connectivity index (χ2v) is 3.40. The van der Waals surface area contributed by atoms with Crippen molar-refractivity contribution in [3.63, 3.8) is 0 Å². The van der Waals surface area contributed by atoms with Gasteiger partial charge in [-0.25, -0.2) is 4.79 Å². The highest BCUT2D eigenvalue weighted by Crippen LogP contribution is 2.09. The van der Waals surface area contributed by atoms with Gasteiger partial charge in [0.05, 0.1) is 5.69 Å². The summed E-state index contributed by atoms with van der Waals surface area (Å²) in [6, 6.07) is 2.74. The van der Waals surface area contributed by atoms with Crippen LogP contribution >= 0.6 is 37.3 Å². The van der Waals surface area contributed by atoms with Crippen molar-refractivity contribution in [2.24, 2.45) is 0 Å². The fraction of sp³-hybridized carbons (Fsp3) is 0.250. The number of carboxylic acid groups (broad SMARTS) is 1. The number of anilines is 1. The largest absolute Gasteiger partial charge is 0.480 e. The molecule has 1 aromatic rings. The van der Waals surface area contributed by atoms with Gasteiger partial charge in [-0.05, 0) is 12.1 Å². The van der Waals surface area contributed by atoms with Crippen LogP contribution in [0.3, 0.4) is 0 Å². The lowest BCUT2D eigenvalue weighted by Crippen LogP contribution is -2.31. The van der Waals surface area contributed by atoms with Crippen LogP contribution in [-0.2, 0) is 4.79 Å². The minimum Gasteiger partial charge on any atom is -0.480 e. The van der Waals surface area contributed by atoms with Crippen LogP contribution in [0.4, 0.5) is 5.69 Å². The van der Waals surface area contributed by atoms with E-state index in [0.717, 1.165) is 0 Å². The van der Waals surface area contributed by atoms with Crippen LogP contribution in [0, 0.1) is 4.64 Å². The summed E-state index contributed by atoms with van der Waals surface area (Å²) in [4.78, 5) is 13.5. The molecular formula is C8H11ClN2O2S2. The topological polar surface area (TPSA) is 65.1 Å². The Morgan fingerprint density at radius 3 is 2.87 bits per heavy atom. The van der Waals surface area contributed by atoms with Gasteiger partial charge in [-0.1, -0.05) is 12.2 Å². The number of aromatic nitrogens is 1. The van der Waals surface area contributed by atoms with Crippen LogP contribution in [0.1, 0.15) is 0 Å². The first-order valence-electron chi connectivity index (χ1n) is 3.93. The van der Waals surface area contributed by atoms with E-state index in [1.54, 1.807) is 18.3 Å². The maximum absolute atomic E-state index is 10.7. The number of nitrogens with one attached hydrogen (secondary N) is 2. The number of rotatable bonds is 4. The van der Waals surface area contributed by atoms with Crippen molar-refractivity contribution in [2.45, 2.75) is 6.04 Å². The third-order valence-electron chi connectivity index (χ3n) is 1.63. The van der Waals surface area contributed by atoms with Gasteiger partial charge in [-0.2, -0.15) is 12.6 Å². The van der Waals surface area contributed by atoms with E-state index in [-0.39, 0.29) is 18.2 Å². The first kappa shape index (κ1) is 14.3. The number of hydrogen-bond donors (Lipinski definition) is 4. The second kappa shape index (κ2) is 6.71. The summed E-state index contributed by atoms with van der Waals surface area (Å²) >= 11 is 8.90. The number of pyridine rings is 1. The average Bonchev–Trinajstić information content (AvgIpc) is 2.16. The molecule has 0 aliphatic heterocycles. The molecule has 1 heterocycles. The fourth-order valence-electron chi connectivity index (χ4n) is 0.908. The summed E-state index contributed by atoms with van der Waals surface area (Å²) in [5.41, 5.74) is 0.601. The van der Waals surface area contributed by atoms with Crippen LogP contribution in [0.15, 0.2) is 18.3 Å². The van der Waals surface area contributed by atoms with Crippen LogP contribution in [-0.4, -0.2) is 27.9 Å². The van der Waals surface area contributed by atoms with Gasteiger partial charge in [-0.15, -0.1) is 12.4 Å². The van der Waals surface area contributed by atoms with Crippen molar-refractivity contribution >= 4 is 48.9 Å². The summed E-state index contributed by atoms with van der Waals surface area (Å²) in [5, 5.41) is 11.6. The molecular weight excluding hydrogens is 256 g/mol. The Balaban J connectivity index is 0.00000196. The van der Waals surface area contributed by atoms with Gasteiger partial charge in [0, 0.05) is 11.9 Å². The van der Waals surface area contributed by atoms with Gasteiger partial charge >= 0.3 is 5.97 Å². The summed E-state index contributed by atoms with van der Waals surface area (Å²) in [6.45, 7) is 0. The lowest BCUT2D eigenvalue weighted by Gasteiger charge is -2.12. The molecule has 1 atom stereocenters. The van der Waals surface area contributed by atoms with Gasteiger partial charge in [0.15, 0.2) is 0 Å². The Kier molecular flexibility index (Phi) is 6.38. The third kappa shape index (κ3) is 4.11. The third-order valence-corrected chi connectivity index (χ3v) is 2.33. The van der Waals surface area contributed by atoms with Crippen LogP contribution < -0.4 is 5.32 Å². The Morgan fingerprint density at radius 2 is 2.40 bits per heavy atom. The summed E-state index contributed by atoms with van der Waals surface area (Å²) in [5.74, 6) is -0.739. The molecule has 0 fully saturated rings. The maximum Gasteiger partial charge on any atom is 0.326 e. The predicted molar refractivity (Wildman–Crippen MR) is 67.8 cm³/mol. The summed E-state index contributed by atoms with van der Waals surface area (Å²) in [7, 11) is 0. The van der Waals surface area contributed by atoms with Crippen LogP contribution in [0.2, 0.25) is 0 Å². The van der Waals surface area contributed by atoms with Gasteiger partial charge in [0.2, 0.25) is 0 Å². The molecule has 3 N–H and O–H groups in total. The van der Waals surface area contributed by atoms with Crippen LogP contribution in [0.5, 0.6) is 0 Å². The molecule has 1 rings (SSSR count). The zero-order valence-corrected chi connectivity index (χ0v) is 10.2. The zero-order valence-electron chi connectivity index (χ0n) is 7.64. The van der Waals surface area contributed by atoms with Crippen molar-refractivity contribution in [2.75, 3.05) is 11.1 Å². The van der Waals surface area contributed by atoms with Gasteiger partial charge in [-0.3, -0.25) is 0 Å². The molecule has 0 aromatic carbocycles. The number of aromatic amines is 1. The van der Waals surface area contributed by atoms with E-state index in [0.29, 0.717) is 10.3 Å². The number of H-pyrrole nitrogens is 1.